The van der Waals surface area contributed by atoms with E-state index in [2.05, 4.69) is 0 Å². The van der Waals surface area contributed by atoms with Gasteiger partial charge in [0.2, 0.25) is 0 Å². The zero-order chi connectivity index (χ0) is 22.4. The second-order valence-electron chi connectivity index (χ2n) is 8.68. The summed E-state index contributed by atoms with van der Waals surface area (Å²) in [6.45, 7) is 3.73. The molecule has 2 fully saturated rings. The van der Waals surface area contributed by atoms with Crippen molar-refractivity contribution < 1.29 is 27.5 Å². The number of esters is 1. The molecule has 0 bridgehead atoms. The van der Waals surface area contributed by atoms with E-state index in [9.17, 15) is 18.0 Å². The van der Waals surface area contributed by atoms with Crippen LogP contribution < -0.4 is 4.74 Å². The van der Waals surface area contributed by atoms with Gasteiger partial charge in [0.05, 0.1) is 24.5 Å². The fourth-order valence-corrected chi connectivity index (χ4v) is 6.17. The van der Waals surface area contributed by atoms with E-state index in [1.165, 1.54) is 0 Å². The highest BCUT2D eigenvalue weighted by Gasteiger charge is 2.38. The minimum Gasteiger partial charge on any atom is -0.493 e. The molecule has 1 atom stereocenters. The lowest BCUT2D eigenvalue weighted by Gasteiger charge is -2.38. The molecule has 0 spiro atoms. The number of nitrogens with zero attached hydrogens (tertiary/aromatic N) is 1. The van der Waals surface area contributed by atoms with Gasteiger partial charge >= 0.3 is 5.97 Å². The van der Waals surface area contributed by atoms with Crippen LogP contribution >= 0.6 is 0 Å². The second-order valence-corrected chi connectivity index (χ2v) is 10.9. The highest BCUT2D eigenvalue weighted by molar-refractivity contribution is 7.91. The molecule has 1 aliphatic carbocycles. The molecule has 1 heterocycles. The van der Waals surface area contributed by atoms with Crippen LogP contribution in [-0.4, -0.2) is 62.0 Å². The molecule has 1 saturated heterocycles. The number of carbonyl (C=O) groups is 2. The topological polar surface area (TPSA) is 90.0 Å². The maximum Gasteiger partial charge on any atom is 0.309 e. The lowest BCUT2D eigenvalue weighted by molar-refractivity contribution is -0.154. The Labute approximate surface area is 185 Å². The first kappa shape index (κ1) is 23.6. The standard InChI is InChI=1S/C23H33NO6S/c1-17-8-9-18(2)21(14-17)29-12-10-23(26)30-15-22(25)24(19-6-4-3-5-7-19)20-11-13-31(27,28)16-20/h8-9,14,19-20H,3-7,10-13,15-16H2,1-2H3. The van der Waals surface area contributed by atoms with E-state index in [0.717, 1.165) is 49.0 Å². The van der Waals surface area contributed by atoms with Crippen LogP contribution in [0.4, 0.5) is 0 Å². The van der Waals surface area contributed by atoms with Gasteiger partial charge in [0.15, 0.2) is 16.4 Å². The number of aryl methyl sites for hydroxylation is 2. The van der Waals surface area contributed by atoms with Gasteiger partial charge in [-0.3, -0.25) is 9.59 Å². The lowest BCUT2D eigenvalue weighted by atomic mass is 9.93. The predicted octanol–water partition coefficient (Wildman–Crippen LogP) is 2.96. The summed E-state index contributed by atoms with van der Waals surface area (Å²) >= 11 is 0. The summed E-state index contributed by atoms with van der Waals surface area (Å²) in [5.41, 5.74) is 2.06. The van der Waals surface area contributed by atoms with Gasteiger partial charge in [0.25, 0.3) is 5.91 Å². The Morgan fingerprint density at radius 2 is 1.81 bits per heavy atom. The van der Waals surface area contributed by atoms with Gasteiger partial charge in [-0.25, -0.2) is 8.42 Å². The number of sulfone groups is 1. The third kappa shape index (κ3) is 6.69. The van der Waals surface area contributed by atoms with E-state index in [-0.39, 0.29) is 49.1 Å². The molecule has 7 nitrogen and oxygen atoms in total. The summed E-state index contributed by atoms with van der Waals surface area (Å²) in [5.74, 6) is 0.0603. The SMILES string of the molecule is Cc1ccc(C)c(OCCC(=O)OCC(=O)N(C2CCCCC2)C2CCS(=O)(=O)C2)c1. The van der Waals surface area contributed by atoms with Crippen molar-refractivity contribution in [2.75, 3.05) is 24.7 Å². The predicted molar refractivity (Wildman–Crippen MR) is 118 cm³/mol. The van der Waals surface area contributed by atoms with Crippen LogP contribution in [0, 0.1) is 13.8 Å². The summed E-state index contributed by atoms with van der Waals surface area (Å²) < 4.78 is 34.8. The van der Waals surface area contributed by atoms with Crippen LogP contribution in [0.3, 0.4) is 0 Å². The highest BCUT2D eigenvalue weighted by Crippen LogP contribution is 2.28. The molecule has 0 aromatic heterocycles. The Hall–Kier alpha value is -2.09. The summed E-state index contributed by atoms with van der Waals surface area (Å²) in [6, 6.07) is 5.60. The van der Waals surface area contributed by atoms with Crippen molar-refractivity contribution in [1.82, 2.24) is 4.90 Å². The van der Waals surface area contributed by atoms with Crippen molar-refractivity contribution in [3.63, 3.8) is 0 Å². The average Bonchev–Trinajstić information content (AvgIpc) is 3.09. The number of rotatable bonds is 8. The van der Waals surface area contributed by atoms with E-state index < -0.39 is 15.8 Å². The third-order valence-corrected chi connectivity index (χ3v) is 7.87. The molecule has 3 rings (SSSR count). The molecule has 2 aliphatic rings. The molecule has 0 radical (unpaired) electrons. The molecule has 1 unspecified atom stereocenters. The number of ether oxygens (including phenoxy) is 2. The van der Waals surface area contributed by atoms with Gasteiger partial charge in [-0.1, -0.05) is 31.4 Å². The molecule has 172 valence electrons. The van der Waals surface area contributed by atoms with Gasteiger partial charge in [0.1, 0.15) is 5.75 Å². The molecule has 8 heteroatoms. The molecule has 1 aromatic rings. The van der Waals surface area contributed by atoms with Crippen molar-refractivity contribution in [2.45, 2.75) is 70.9 Å². The highest BCUT2D eigenvalue weighted by atomic mass is 32.2. The Kier molecular flexibility index (Phi) is 7.97. The van der Waals surface area contributed by atoms with Crippen LogP contribution in [-0.2, 0) is 24.2 Å². The van der Waals surface area contributed by atoms with Crippen molar-refractivity contribution in [3.8, 4) is 5.75 Å². The summed E-state index contributed by atoms with van der Waals surface area (Å²) in [7, 11) is -3.11. The van der Waals surface area contributed by atoms with E-state index in [1.54, 1.807) is 4.90 Å². The molecule has 31 heavy (non-hydrogen) atoms. The maximum atomic E-state index is 12.9. The zero-order valence-electron chi connectivity index (χ0n) is 18.5. The molecule has 1 aliphatic heterocycles. The van der Waals surface area contributed by atoms with Gasteiger partial charge in [-0.2, -0.15) is 0 Å². The largest absolute Gasteiger partial charge is 0.493 e. The van der Waals surface area contributed by atoms with Crippen LogP contribution in [0.5, 0.6) is 5.75 Å². The normalized spacial score (nSPS) is 20.9. The van der Waals surface area contributed by atoms with Crippen LogP contribution in [0.2, 0.25) is 0 Å². The van der Waals surface area contributed by atoms with Crippen molar-refractivity contribution in [3.05, 3.63) is 29.3 Å². The lowest BCUT2D eigenvalue weighted by Crippen LogP contribution is -2.50. The summed E-state index contributed by atoms with van der Waals surface area (Å²) in [5, 5.41) is 0. The Bertz CT molecular complexity index is 891. The second kappa shape index (κ2) is 10.5. The number of hydrogen-bond acceptors (Lipinski definition) is 6. The van der Waals surface area contributed by atoms with E-state index in [4.69, 9.17) is 9.47 Å². The first-order valence-electron chi connectivity index (χ1n) is 11.1. The Morgan fingerprint density at radius 3 is 2.48 bits per heavy atom. The van der Waals surface area contributed by atoms with E-state index in [0.29, 0.717) is 6.42 Å². The number of benzene rings is 1. The van der Waals surface area contributed by atoms with E-state index in [1.807, 2.05) is 32.0 Å². The number of carbonyl (C=O) groups excluding carboxylic acids is 2. The third-order valence-electron chi connectivity index (χ3n) is 6.12. The zero-order valence-corrected chi connectivity index (χ0v) is 19.3. The quantitative estimate of drug-likeness (QED) is 0.565. The Balaban J connectivity index is 1.51. The molecule has 1 amide bonds. The molecule has 1 aromatic carbocycles. The fourth-order valence-electron chi connectivity index (χ4n) is 4.46. The fraction of sp³-hybridized carbons (Fsp3) is 0.652. The Morgan fingerprint density at radius 1 is 1.06 bits per heavy atom. The monoisotopic (exact) mass is 451 g/mol. The molecular weight excluding hydrogens is 418 g/mol. The van der Waals surface area contributed by atoms with Gasteiger partial charge in [-0.15, -0.1) is 0 Å². The maximum absolute atomic E-state index is 12.9. The van der Waals surface area contributed by atoms with Crippen LogP contribution in [0.1, 0.15) is 56.1 Å². The van der Waals surface area contributed by atoms with Gasteiger partial charge < -0.3 is 14.4 Å². The minimum absolute atomic E-state index is 0.00682. The number of hydrogen-bond donors (Lipinski definition) is 0. The minimum atomic E-state index is -3.11. The van der Waals surface area contributed by atoms with Crippen molar-refractivity contribution in [2.24, 2.45) is 0 Å². The van der Waals surface area contributed by atoms with Gasteiger partial charge in [-0.05, 0) is 50.3 Å². The summed E-state index contributed by atoms with van der Waals surface area (Å²) in [4.78, 5) is 26.8. The average molecular weight is 452 g/mol. The number of amides is 1. The molecule has 1 saturated carbocycles. The van der Waals surface area contributed by atoms with Gasteiger partial charge in [0, 0.05) is 12.1 Å². The smallest absolute Gasteiger partial charge is 0.309 e. The van der Waals surface area contributed by atoms with Crippen molar-refractivity contribution in [1.29, 1.82) is 0 Å². The first-order chi connectivity index (χ1) is 14.7. The summed E-state index contributed by atoms with van der Waals surface area (Å²) in [6.07, 6.45) is 5.45. The molecular formula is C23H33NO6S. The van der Waals surface area contributed by atoms with Crippen LogP contribution in [0.25, 0.3) is 0 Å². The van der Waals surface area contributed by atoms with Crippen molar-refractivity contribution >= 4 is 21.7 Å². The van der Waals surface area contributed by atoms with Crippen LogP contribution in [0.15, 0.2) is 18.2 Å². The first-order valence-corrected chi connectivity index (χ1v) is 12.9. The van der Waals surface area contributed by atoms with E-state index >= 15 is 0 Å². The molecule has 0 N–H and O–H groups in total.